The van der Waals surface area contributed by atoms with Crippen LogP contribution in [0.15, 0.2) is 66.7 Å². The van der Waals surface area contributed by atoms with E-state index in [0.717, 1.165) is 23.2 Å². The number of hydrogen-bond acceptors (Lipinski definition) is 4. The predicted molar refractivity (Wildman–Crippen MR) is 128 cm³/mol. The number of hydrogen-bond donors (Lipinski definition) is 1. The maximum absolute atomic E-state index is 10.7. The van der Waals surface area contributed by atoms with Gasteiger partial charge in [0.15, 0.2) is 0 Å². The number of ether oxygens (including phenoxy) is 2. The average molecular weight is 471 g/mol. The smallest absolute Gasteiger partial charge is 0.148 e. The highest BCUT2D eigenvalue weighted by atomic mass is 35.5. The molecule has 0 aliphatic rings. The summed E-state index contributed by atoms with van der Waals surface area (Å²) < 4.78 is 13.6. The van der Waals surface area contributed by atoms with Gasteiger partial charge in [-0.05, 0) is 54.4 Å². The summed E-state index contributed by atoms with van der Waals surface area (Å²) in [6.45, 7) is 2.79. The Kier molecular flexibility index (Phi) is 7.20. The molecular formula is C25H24Cl2N2O3. The van der Waals surface area contributed by atoms with Gasteiger partial charge < -0.3 is 19.1 Å². The van der Waals surface area contributed by atoms with E-state index in [2.05, 4.69) is 11.9 Å². The van der Waals surface area contributed by atoms with Gasteiger partial charge in [-0.1, -0.05) is 54.4 Å². The van der Waals surface area contributed by atoms with Crippen molar-refractivity contribution in [3.8, 4) is 11.5 Å². The number of para-hydroxylation sites is 2. The number of aliphatic hydroxyl groups is 1. The number of aryl methyl sites for hydroxylation is 1. The lowest BCUT2D eigenvalue weighted by Crippen LogP contribution is -2.25. The molecule has 3 aromatic carbocycles. The van der Waals surface area contributed by atoms with Gasteiger partial charge in [-0.3, -0.25) is 0 Å². The lowest BCUT2D eigenvalue weighted by atomic mass is 10.2. The Morgan fingerprint density at radius 3 is 2.53 bits per heavy atom. The Balaban J connectivity index is 1.47. The maximum atomic E-state index is 10.7. The Labute approximate surface area is 197 Å². The van der Waals surface area contributed by atoms with E-state index in [9.17, 15) is 5.11 Å². The second kappa shape index (κ2) is 10.3. The minimum Gasteiger partial charge on any atom is -0.491 e. The molecule has 1 atom stereocenters. The lowest BCUT2D eigenvalue weighted by molar-refractivity contribution is 0.0917. The van der Waals surface area contributed by atoms with E-state index in [-0.39, 0.29) is 13.2 Å². The zero-order valence-corrected chi connectivity index (χ0v) is 19.2. The van der Waals surface area contributed by atoms with E-state index in [1.807, 2.05) is 53.1 Å². The third kappa shape index (κ3) is 5.36. The van der Waals surface area contributed by atoms with Gasteiger partial charge in [-0.2, -0.15) is 0 Å². The molecule has 166 valence electrons. The van der Waals surface area contributed by atoms with E-state index in [0.29, 0.717) is 28.2 Å². The van der Waals surface area contributed by atoms with Crippen LogP contribution in [0.3, 0.4) is 0 Å². The third-order valence-corrected chi connectivity index (χ3v) is 5.68. The minimum atomic E-state index is -0.726. The van der Waals surface area contributed by atoms with Gasteiger partial charge in [0.1, 0.15) is 36.6 Å². The number of halogens is 2. The summed E-state index contributed by atoms with van der Waals surface area (Å²) in [6, 6.07) is 20.8. The van der Waals surface area contributed by atoms with Crippen molar-refractivity contribution in [1.82, 2.24) is 9.55 Å². The summed E-state index contributed by atoms with van der Waals surface area (Å²) in [4.78, 5) is 4.68. The molecule has 0 bridgehead atoms. The van der Waals surface area contributed by atoms with Crippen molar-refractivity contribution in [2.24, 2.45) is 0 Å². The van der Waals surface area contributed by atoms with Crippen molar-refractivity contribution < 1.29 is 14.6 Å². The van der Waals surface area contributed by atoms with Crippen molar-refractivity contribution in [3.05, 3.63) is 88.2 Å². The van der Waals surface area contributed by atoms with Crippen LogP contribution in [0.25, 0.3) is 11.0 Å². The van der Waals surface area contributed by atoms with Gasteiger partial charge in [0.25, 0.3) is 0 Å². The molecule has 0 saturated carbocycles. The molecule has 1 unspecified atom stereocenters. The van der Waals surface area contributed by atoms with Gasteiger partial charge in [-0.15, -0.1) is 0 Å². The van der Waals surface area contributed by atoms with E-state index >= 15 is 0 Å². The topological polar surface area (TPSA) is 56.5 Å². The molecule has 0 fully saturated rings. The van der Waals surface area contributed by atoms with Crippen molar-refractivity contribution in [3.63, 3.8) is 0 Å². The number of nitrogens with zero attached hydrogens (tertiary/aromatic N) is 2. The fourth-order valence-electron chi connectivity index (χ4n) is 3.45. The predicted octanol–water partition coefficient (Wildman–Crippen LogP) is 5.92. The molecule has 0 amide bonds. The molecule has 32 heavy (non-hydrogen) atoms. The molecule has 4 aromatic rings. The van der Waals surface area contributed by atoms with E-state index < -0.39 is 6.10 Å². The van der Waals surface area contributed by atoms with Crippen LogP contribution in [-0.4, -0.2) is 27.4 Å². The monoisotopic (exact) mass is 470 g/mol. The summed E-state index contributed by atoms with van der Waals surface area (Å²) in [5, 5.41) is 11.7. The number of benzene rings is 3. The first-order valence-electron chi connectivity index (χ1n) is 10.4. The summed E-state index contributed by atoms with van der Waals surface area (Å²) in [6.07, 6.45) is 0.249. The molecule has 4 rings (SSSR count). The highest BCUT2D eigenvalue weighted by molar-refractivity contribution is 6.35. The van der Waals surface area contributed by atoms with Crippen molar-refractivity contribution >= 4 is 34.2 Å². The second-order valence-electron chi connectivity index (χ2n) is 7.45. The van der Waals surface area contributed by atoms with Crippen LogP contribution in [-0.2, 0) is 19.6 Å². The first-order valence-corrected chi connectivity index (χ1v) is 11.2. The zero-order chi connectivity index (χ0) is 22.5. The summed E-state index contributed by atoms with van der Waals surface area (Å²) in [5.74, 6) is 1.94. The van der Waals surface area contributed by atoms with Crippen molar-refractivity contribution in [2.75, 3.05) is 6.61 Å². The third-order valence-electron chi connectivity index (χ3n) is 5.15. The normalized spacial score (nSPS) is 12.1. The van der Waals surface area contributed by atoms with Crippen LogP contribution in [0.1, 0.15) is 18.3 Å². The van der Waals surface area contributed by atoms with Crippen LogP contribution >= 0.6 is 23.2 Å². The fraction of sp³-hybridized carbons (Fsp3) is 0.240. The van der Waals surface area contributed by atoms with Crippen molar-refractivity contribution in [2.45, 2.75) is 32.6 Å². The van der Waals surface area contributed by atoms with E-state index in [4.69, 9.17) is 32.7 Å². The highest BCUT2D eigenvalue weighted by Gasteiger charge is 2.16. The van der Waals surface area contributed by atoms with Gasteiger partial charge in [0.2, 0.25) is 0 Å². The van der Waals surface area contributed by atoms with Gasteiger partial charge in [-0.25, -0.2) is 4.98 Å². The molecule has 7 heteroatoms. The van der Waals surface area contributed by atoms with E-state index in [1.54, 1.807) is 18.2 Å². The molecule has 1 heterocycles. The molecule has 0 aliphatic carbocycles. The van der Waals surface area contributed by atoms with Crippen LogP contribution in [0.5, 0.6) is 11.5 Å². The largest absolute Gasteiger partial charge is 0.491 e. The Bertz CT molecular complexity index is 1190. The number of aromatic nitrogens is 2. The number of rotatable bonds is 9. The molecule has 0 aliphatic heterocycles. The van der Waals surface area contributed by atoms with E-state index in [1.165, 1.54) is 5.56 Å². The summed E-state index contributed by atoms with van der Waals surface area (Å²) >= 11 is 12.2. The highest BCUT2D eigenvalue weighted by Crippen LogP contribution is 2.28. The Hall–Kier alpha value is -2.73. The molecule has 1 aromatic heterocycles. The average Bonchev–Trinajstić information content (AvgIpc) is 3.14. The van der Waals surface area contributed by atoms with Crippen LogP contribution in [0.4, 0.5) is 0 Å². The zero-order valence-electron chi connectivity index (χ0n) is 17.7. The van der Waals surface area contributed by atoms with Crippen LogP contribution in [0.2, 0.25) is 10.0 Å². The second-order valence-corrected chi connectivity index (χ2v) is 8.30. The Morgan fingerprint density at radius 2 is 1.78 bits per heavy atom. The van der Waals surface area contributed by atoms with Gasteiger partial charge in [0, 0.05) is 5.02 Å². The quantitative estimate of drug-likeness (QED) is 0.329. The minimum absolute atomic E-state index is 0.168. The molecule has 1 N–H and O–H groups in total. The Morgan fingerprint density at radius 1 is 1.00 bits per heavy atom. The summed E-state index contributed by atoms with van der Waals surface area (Å²) in [5.41, 5.74) is 2.99. The number of fused-ring (bicyclic) bond motifs is 1. The van der Waals surface area contributed by atoms with Crippen molar-refractivity contribution in [1.29, 1.82) is 0 Å². The first kappa shape index (κ1) is 22.5. The molecule has 0 spiro atoms. The van der Waals surface area contributed by atoms with Gasteiger partial charge >= 0.3 is 0 Å². The first-order chi connectivity index (χ1) is 15.5. The van der Waals surface area contributed by atoms with Gasteiger partial charge in [0.05, 0.1) is 22.6 Å². The standard InChI is InChI=1S/C25H24Cl2N2O3/c1-2-17-7-10-20(11-8-17)31-15-19(30)14-29-23-6-4-3-5-22(23)28-25(29)16-32-24-12-9-18(26)13-21(24)27/h3-13,19,30H,2,14-16H2,1H3. The SMILES string of the molecule is CCc1ccc(OCC(O)Cn2c(COc3ccc(Cl)cc3Cl)nc3ccccc32)cc1. The molecular weight excluding hydrogens is 447 g/mol. The molecule has 5 nitrogen and oxygen atoms in total. The summed E-state index contributed by atoms with van der Waals surface area (Å²) in [7, 11) is 0. The lowest BCUT2D eigenvalue weighted by Gasteiger charge is -2.16. The fourth-order valence-corrected chi connectivity index (χ4v) is 3.91. The number of imidazole rings is 1. The van der Waals surface area contributed by atoms with Crippen LogP contribution in [0, 0.1) is 0 Å². The molecule has 0 saturated heterocycles. The number of aliphatic hydroxyl groups excluding tert-OH is 1. The molecule has 0 radical (unpaired) electrons. The maximum Gasteiger partial charge on any atom is 0.148 e. The van der Waals surface area contributed by atoms with Crippen LogP contribution < -0.4 is 9.47 Å².